The number of ether oxygens (including phenoxy) is 1. The van der Waals surface area contributed by atoms with Crippen molar-refractivity contribution in [2.75, 3.05) is 7.11 Å². The molecule has 0 fully saturated rings. The highest BCUT2D eigenvalue weighted by Crippen LogP contribution is 2.36. The van der Waals surface area contributed by atoms with Gasteiger partial charge in [-0.25, -0.2) is 4.39 Å². The number of rotatable bonds is 3. The van der Waals surface area contributed by atoms with Crippen LogP contribution in [0, 0.1) is 5.82 Å². The van der Waals surface area contributed by atoms with Gasteiger partial charge in [-0.3, -0.25) is 0 Å². The molecule has 0 aliphatic carbocycles. The molecule has 0 aliphatic rings. The minimum atomic E-state index is -0.270. The summed E-state index contributed by atoms with van der Waals surface area (Å²) in [7, 11) is 1.59. The summed E-state index contributed by atoms with van der Waals surface area (Å²) in [6, 6.07) is 15.9. The smallest absolute Gasteiger partial charge is 0.134 e. The van der Waals surface area contributed by atoms with E-state index in [1.165, 1.54) is 6.07 Å². The van der Waals surface area contributed by atoms with Gasteiger partial charge >= 0.3 is 0 Å². The molecule has 0 unspecified atom stereocenters. The topological polar surface area (TPSA) is 22.4 Å². The second-order valence-electron chi connectivity index (χ2n) is 4.37. The molecule has 2 nitrogen and oxygen atoms in total. The zero-order valence-electron chi connectivity index (χ0n) is 11.0. The van der Waals surface area contributed by atoms with E-state index in [9.17, 15) is 4.39 Å². The standard InChI is InChI=1S/C17H13FO2/c1-19-12-8-9-14(17-7-4-10-20-17)15(11-12)13-5-2-3-6-16(13)18/h2-11H,1H3. The van der Waals surface area contributed by atoms with Crippen LogP contribution in [-0.4, -0.2) is 7.11 Å². The van der Waals surface area contributed by atoms with Gasteiger partial charge in [0, 0.05) is 11.1 Å². The van der Waals surface area contributed by atoms with Gasteiger partial charge in [-0.05, 0) is 42.0 Å². The zero-order valence-corrected chi connectivity index (χ0v) is 11.0. The van der Waals surface area contributed by atoms with Crippen molar-refractivity contribution >= 4 is 0 Å². The fourth-order valence-corrected chi connectivity index (χ4v) is 2.20. The Morgan fingerprint density at radius 2 is 1.75 bits per heavy atom. The van der Waals surface area contributed by atoms with Crippen molar-refractivity contribution in [3.05, 3.63) is 66.7 Å². The predicted molar refractivity (Wildman–Crippen MR) is 76.1 cm³/mol. The number of benzene rings is 2. The van der Waals surface area contributed by atoms with Gasteiger partial charge < -0.3 is 9.15 Å². The van der Waals surface area contributed by atoms with E-state index in [1.807, 2.05) is 36.4 Å². The molecule has 0 amide bonds. The lowest BCUT2D eigenvalue weighted by Crippen LogP contribution is -1.90. The Balaban J connectivity index is 2.24. The van der Waals surface area contributed by atoms with Crippen molar-refractivity contribution in [3.8, 4) is 28.2 Å². The minimum Gasteiger partial charge on any atom is -0.497 e. The molecular formula is C17H13FO2. The molecule has 2 aromatic carbocycles. The molecule has 1 heterocycles. The van der Waals surface area contributed by atoms with Crippen LogP contribution in [0.3, 0.4) is 0 Å². The molecule has 0 aliphatic heterocycles. The van der Waals surface area contributed by atoms with Gasteiger partial charge in [0.1, 0.15) is 17.3 Å². The van der Waals surface area contributed by atoms with E-state index < -0.39 is 0 Å². The fourth-order valence-electron chi connectivity index (χ4n) is 2.20. The van der Waals surface area contributed by atoms with Gasteiger partial charge in [0.05, 0.1) is 13.4 Å². The van der Waals surface area contributed by atoms with Crippen molar-refractivity contribution in [2.24, 2.45) is 0 Å². The van der Waals surface area contributed by atoms with Gasteiger partial charge in [-0.2, -0.15) is 0 Å². The van der Waals surface area contributed by atoms with Crippen LogP contribution in [0.4, 0.5) is 4.39 Å². The molecule has 20 heavy (non-hydrogen) atoms. The highest BCUT2D eigenvalue weighted by molar-refractivity contribution is 5.82. The molecule has 0 bridgehead atoms. The van der Waals surface area contributed by atoms with E-state index in [2.05, 4.69) is 0 Å². The Bertz CT molecular complexity index is 718. The van der Waals surface area contributed by atoms with Crippen LogP contribution in [0.5, 0.6) is 5.75 Å². The summed E-state index contributed by atoms with van der Waals surface area (Å²) < 4.78 is 24.7. The zero-order chi connectivity index (χ0) is 13.9. The molecule has 0 atom stereocenters. The summed E-state index contributed by atoms with van der Waals surface area (Å²) in [6.45, 7) is 0. The molecule has 0 spiro atoms. The van der Waals surface area contributed by atoms with Crippen molar-refractivity contribution in [1.29, 1.82) is 0 Å². The Kier molecular flexibility index (Phi) is 3.25. The first kappa shape index (κ1) is 12.5. The molecule has 100 valence electrons. The average Bonchev–Trinajstić information content (AvgIpc) is 3.01. The van der Waals surface area contributed by atoms with Crippen LogP contribution in [0.25, 0.3) is 22.5 Å². The van der Waals surface area contributed by atoms with Gasteiger partial charge in [0.2, 0.25) is 0 Å². The van der Waals surface area contributed by atoms with Gasteiger partial charge in [-0.15, -0.1) is 0 Å². The maximum atomic E-state index is 14.1. The maximum absolute atomic E-state index is 14.1. The maximum Gasteiger partial charge on any atom is 0.134 e. The first-order chi connectivity index (χ1) is 9.79. The molecule has 3 aromatic rings. The first-order valence-corrected chi connectivity index (χ1v) is 6.26. The third kappa shape index (κ3) is 2.18. The lowest BCUT2D eigenvalue weighted by Gasteiger charge is -2.11. The van der Waals surface area contributed by atoms with Crippen LogP contribution in [0.15, 0.2) is 65.3 Å². The van der Waals surface area contributed by atoms with E-state index in [4.69, 9.17) is 9.15 Å². The number of hydrogen-bond donors (Lipinski definition) is 0. The summed E-state index contributed by atoms with van der Waals surface area (Å²) in [5.74, 6) is 1.11. The summed E-state index contributed by atoms with van der Waals surface area (Å²) in [6.07, 6.45) is 1.60. The minimum absolute atomic E-state index is 0.270. The van der Waals surface area contributed by atoms with Crippen LogP contribution >= 0.6 is 0 Å². The summed E-state index contributed by atoms with van der Waals surface area (Å²) >= 11 is 0. The number of hydrogen-bond acceptors (Lipinski definition) is 2. The van der Waals surface area contributed by atoms with Crippen LogP contribution in [-0.2, 0) is 0 Å². The summed E-state index contributed by atoms with van der Waals surface area (Å²) in [4.78, 5) is 0. The van der Waals surface area contributed by atoms with Gasteiger partial charge in [0.25, 0.3) is 0 Å². The second kappa shape index (κ2) is 5.21. The summed E-state index contributed by atoms with van der Waals surface area (Å²) in [5.41, 5.74) is 2.11. The second-order valence-corrected chi connectivity index (χ2v) is 4.37. The lowest BCUT2D eigenvalue weighted by atomic mass is 9.97. The average molecular weight is 268 g/mol. The van der Waals surface area contributed by atoms with Crippen molar-refractivity contribution < 1.29 is 13.5 Å². The SMILES string of the molecule is COc1ccc(-c2ccco2)c(-c2ccccc2F)c1. The Hall–Kier alpha value is -2.55. The van der Waals surface area contributed by atoms with Crippen LogP contribution < -0.4 is 4.74 Å². The molecule has 3 heteroatoms. The molecule has 0 radical (unpaired) electrons. The fraction of sp³-hybridized carbons (Fsp3) is 0.0588. The van der Waals surface area contributed by atoms with Crippen molar-refractivity contribution in [1.82, 2.24) is 0 Å². The highest BCUT2D eigenvalue weighted by Gasteiger charge is 2.13. The number of furan rings is 1. The van der Waals surface area contributed by atoms with Gasteiger partial charge in [0.15, 0.2) is 0 Å². The Morgan fingerprint density at radius 1 is 0.900 bits per heavy atom. The Morgan fingerprint density at radius 3 is 2.45 bits per heavy atom. The largest absolute Gasteiger partial charge is 0.497 e. The van der Waals surface area contributed by atoms with E-state index in [-0.39, 0.29) is 5.82 Å². The monoisotopic (exact) mass is 268 g/mol. The van der Waals surface area contributed by atoms with Gasteiger partial charge in [-0.1, -0.05) is 18.2 Å². The van der Waals surface area contributed by atoms with Crippen LogP contribution in [0.2, 0.25) is 0 Å². The summed E-state index contributed by atoms with van der Waals surface area (Å²) in [5, 5.41) is 0. The molecule has 0 saturated heterocycles. The quantitative estimate of drug-likeness (QED) is 0.683. The number of methoxy groups -OCH3 is 1. The molecule has 0 saturated carbocycles. The molecule has 3 rings (SSSR count). The first-order valence-electron chi connectivity index (χ1n) is 6.26. The van der Waals surface area contributed by atoms with E-state index >= 15 is 0 Å². The number of halogens is 1. The van der Waals surface area contributed by atoms with E-state index in [0.29, 0.717) is 17.1 Å². The molecule has 1 aromatic heterocycles. The molecular weight excluding hydrogens is 255 g/mol. The van der Waals surface area contributed by atoms with E-state index in [0.717, 1.165) is 11.1 Å². The highest BCUT2D eigenvalue weighted by atomic mass is 19.1. The normalized spacial score (nSPS) is 10.5. The predicted octanol–water partition coefficient (Wildman–Crippen LogP) is 4.76. The third-order valence-electron chi connectivity index (χ3n) is 3.18. The lowest BCUT2D eigenvalue weighted by molar-refractivity contribution is 0.415. The van der Waals surface area contributed by atoms with Crippen molar-refractivity contribution in [3.63, 3.8) is 0 Å². The van der Waals surface area contributed by atoms with Crippen molar-refractivity contribution in [2.45, 2.75) is 0 Å². The molecule has 0 N–H and O–H groups in total. The van der Waals surface area contributed by atoms with Crippen LogP contribution in [0.1, 0.15) is 0 Å². The third-order valence-corrected chi connectivity index (χ3v) is 3.18. The van der Waals surface area contributed by atoms with E-state index in [1.54, 1.807) is 25.5 Å². The Labute approximate surface area is 116 Å².